The van der Waals surface area contributed by atoms with Gasteiger partial charge in [0.05, 0.1) is 49.6 Å². The second kappa shape index (κ2) is 17.6. The maximum atomic E-state index is 15.5. The van der Waals surface area contributed by atoms with Gasteiger partial charge >= 0.3 is 11.9 Å². The van der Waals surface area contributed by atoms with E-state index in [4.69, 9.17) is 23.7 Å². The summed E-state index contributed by atoms with van der Waals surface area (Å²) < 4.78 is 30.4. The fourth-order valence-corrected chi connectivity index (χ4v) is 10.7. The molecule has 1 amide bonds. The predicted octanol–water partition coefficient (Wildman–Crippen LogP) is 4.83. The number of Topliss-reactive ketones (excluding diaryl/α,β-unsaturated/α-hetero) is 1. The van der Waals surface area contributed by atoms with E-state index in [0.717, 1.165) is 5.56 Å². The Bertz CT molecular complexity index is 2440. The average Bonchev–Trinajstić information content (AvgIpc) is 3.31. The number of fused-ring (bicyclic) bond motifs is 5. The van der Waals surface area contributed by atoms with Crippen molar-refractivity contribution in [2.75, 3.05) is 13.7 Å². The molecule has 14 heteroatoms. The molecule has 5 N–H and O–H groups in total. The lowest BCUT2D eigenvalue weighted by Crippen LogP contribution is -2.81. The number of nitrogens with one attached hydrogen (secondary N) is 1. The van der Waals surface area contributed by atoms with Gasteiger partial charge in [-0.1, -0.05) is 92.7 Å². The lowest BCUT2D eigenvalue weighted by Gasteiger charge is -2.67. The van der Waals surface area contributed by atoms with Crippen LogP contribution in [0.3, 0.4) is 0 Å². The smallest absolute Gasteiger partial charge is 0.338 e. The van der Waals surface area contributed by atoms with Gasteiger partial charge in [0.2, 0.25) is 0 Å². The minimum Gasteiger partial charge on any atom is -0.497 e. The number of hydrogen-bond donors (Lipinski definition) is 5. The van der Waals surface area contributed by atoms with Crippen molar-refractivity contribution in [3.63, 3.8) is 0 Å². The molecule has 11 atom stereocenters. The minimum absolute atomic E-state index is 0.00752. The lowest BCUT2D eigenvalue weighted by molar-refractivity contribution is -0.347. The molecule has 1 saturated heterocycles. The summed E-state index contributed by atoms with van der Waals surface area (Å²) in [6.45, 7) is 6.05. The van der Waals surface area contributed by atoms with Crippen molar-refractivity contribution in [3.05, 3.63) is 149 Å². The highest BCUT2D eigenvalue weighted by Crippen LogP contribution is 2.63. The third kappa shape index (κ3) is 7.85. The molecule has 4 aromatic rings. The normalized spacial score (nSPS) is 31.1. The van der Waals surface area contributed by atoms with E-state index in [9.17, 15) is 34.8 Å². The summed E-state index contributed by atoms with van der Waals surface area (Å²) in [7, 11) is 1.55. The van der Waals surface area contributed by atoms with Gasteiger partial charge in [-0.25, -0.2) is 9.59 Å². The molecule has 2 bridgehead atoms. The Kier molecular flexibility index (Phi) is 12.4. The molecular weight excluding hydrogens is 835 g/mol. The molecule has 4 aromatic carbocycles. The number of benzene rings is 4. The van der Waals surface area contributed by atoms with Gasteiger partial charge in [0.1, 0.15) is 35.3 Å². The first-order valence-electron chi connectivity index (χ1n) is 21.8. The number of methoxy groups -OCH3 is 1. The van der Waals surface area contributed by atoms with Gasteiger partial charge in [0.15, 0.2) is 11.9 Å². The maximum Gasteiger partial charge on any atom is 0.338 e. The zero-order valence-corrected chi connectivity index (χ0v) is 36.9. The van der Waals surface area contributed by atoms with Crippen LogP contribution in [0.25, 0.3) is 0 Å². The third-order valence-corrected chi connectivity index (χ3v) is 14.5. The summed E-state index contributed by atoms with van der Waals surface area (Å²) >= 11 is 0. The third-order valence-electron chi connectivity index (χ3n) is 14.5. The van der Waals surface area contributed by atoms with E-state index in [1.54, 1.807) is 138 Å². The van der Waals surface area contributed by atoms with Gasteiger partial charge in [-0.3, -0.25) is 9.59 Å². The largest absolute Gasteiger partial charge is 0.497 e. The minimum atomic E-state index is -2.30. The first-order valence-corrected chi connectivity index (χ1v) is 21.8. The molecule has 4 aliphatic rings. The molecule has 14 nitrogen and oxygen atoms in total. The van der Waals surface area contributed by atoms with E-state index in [1.807, 2.05) is 0 Å². The molecule has 1 aliphatic heterocycles. The highest BCUT2D eigenvalue weighted by Gasteiger charge is 2.76. The Hall–Kier alpha value is -5.74. The number of amides is 1. The maximum absolute atomic E-state index is 15.5. The lowest BCUT2D eigenvalue weighted by atomic mass is 9.44. The summed E-state index contributed by atoms with van der Waals surface area (Å²) in [6.07, 6.45) is -9.52. The number of esters is 2. The monoisotopic (exact) mass is 889 g/mol. The number of carbonyl (C=O) groups is 4. The van der Waals surface area contributed by atoms with E-state index in [0.29, 0.717) is 11.3 Å². The van der Waals surface area contributed by atoms with Gasteiger partial charge in [-0.2, -0.15) is 0 Å². The molecule has 0 spiro atoms. The molecule has 0 radical (unpaired) electrons. The summed E-state index contributed by atoms with van der Waals surface area (Å²) in [4.78, 5) is 57.5. The Morgan fingerprint density at radius 3 is 2.03 bits per heavy atom. The van der Waals surface area contributed by atoms with Crippen molar-refractivity contribution in [1.82, 2.24) is 5.32 Å². The second-order valence-electron chi connectivity index (χ2n) is 18.3. The van der Waals surface area contributed by atoms with Crippen molar-refractivity contribution in [3.8, 4) is 5.75 Å². The van der Waals surface area contributed by atoms with Gasteiger partial charge in [-0.05, 0) is 72.5 Å². The number of aliphatic hydroxyl groups excluding tert-OH is 2. The second-order valence-corrected chi connectivity index (χ2v) is 18.3. The van der Waals surface area contributed by atoms with Crippen LogP contribution in [0.1, 0.15) is 78.4 Å². The zero-order chi connectivity index (χ0) is 46.5. The Morgan fingerprint density at radius 1 is 0.846 bits per heavy atom. The highest BCUT2D eigenvalue weighted by atomic mass is 16.6. The number of rotatable bonds is 12. The summed E-state index contributed by atoms with van der Waals surface area (Å²) in [6, 6.07) is 30.5. The van der Waals surface area contributed by atoms with Crippen LogP contribution >= 0.6 is 0 Å². The first-order chi connectivity index (χ1) is 30.9. The Morgan fingerprint density at radius 2 is 1.45 bits per heavy atom. The predicted molar refractivity (Wildman–Crippen MR) is 234 cm³/mol. The molecule has 0 aromatic heterocycles. The topological polar surface area (TPSA) is 207 Å². The molecule has 65 heavy (non-hydrogen) atoms. The van der Waals surface area contributed by atoms with Crippen LogP contribution in [0.5, 0.6) is 5.75 Å². The van der Waals surface area contributed by atoms with Gasteiger partial charge in [-0.15, -0.1) is 0 Å². The molecule has 3 fully saturated rings. The van der Waals surface area contributed by atoms with Crippen molar-refractivity contribution in [2.45, 2.75) is 101 Å². The average molecular weight is 890 g/mol. The van der Waals surface area contributed by atoms with Crippen LogP contribution in [0.15, 0.2) is 126 Å². The van der Waals surface area contributed by atoms with Crippen LogP contribution in [-0.2, 0) is 35.1 Å². The SMILES string of the molecule is COc1ccc(COC2CC3OCC3(O)C3C(OC(=O)c4ccccc4)C4(O)CC(OC(=O)C(O)C(NC(=O)c5ccccc5)c5ccccc5)C(C)=C(C(O)C(=O)[C@]23C)C4(C)C)cc1. The fraction of sp³-hybridized carbons (Fsp3) is 0.412. The Balaban J connectivity index is 1.21. The van der Waals surface area contributed by atoms with Crippen molar-refractivity contribution < 1.29 is 63.3 Å². The molecule has 8 rings (SSSR count). The molecule has 3 aliphatic carbocycles. The van der Waals surface area contributed by atoms with Crippen molar-refractivity contribution >= 4 is 23.6 Å². The first kappa shape index (κ1) is 45.8. The number of carbonyl (C=O) groups excluding carboxylic acids is 4. The van der Waals surface area contributed by atoms with Gasteiger partial charge in [0.25, 0.3) is 5.91 Å². The molecule has 2 saturated carbocycles. The highest BCUT2D eigenvalue weighted by molar-refractivity contribution is 5.95. The summed E-state index contributed by atoms with van der Waals surface area (Å²) in [5, 5.41) is 53.5. The van der Waals surface area contributed by atoms with Crippen LogP contribution in [0.2, 0.25) is 0 Å². The van der Waals surface area contributed by atoms with Crippen LogP contribution in [0.4, 0.5) is 0 Å². The number of hydrogen-bond acceptors (Lipinski definition) is 13. The molecule has 1 heterocycles. The van der Waals surface area contributed by atoms with E-state index in [1.165, 1.54) is 12.1 Å². The fourth-order valence-electron chi connectivity index (χ4n) is 10.7. The van der Waals surface area contributed by atoms with Crippen LogP contribution in [-0.4, -0.2) is 106 Å². The van der Waals surface area contributed by atoms with E-state index in [2.05, 4.69) is 5.32 Å². The molecule has 342 valence electrons. The Labute approximate surface area is 377 Å². The summed E-state index contributed by atoms with van der Waals surface area (Å²) in [5.41, 5.74) is -5.85. The van der Waals surface area contributed by atoms with E-state index >= 15 is 4.79 Å². The summed E-state index contributed by atoms with van der Waals surface area (Å²) in [5.74, 6) is -4.22. The zero-order valence-electron chi connectivity index (χ0n) is 36.9. The van der Waals surface area contributed by atoms with Crippen LogP contribution < -0.4 is 10.1 Å². The quantitative estimate of drug-likeness (QED) is 0.0957. The van der Waals surface area contributed by atoms with Gasteiger partial charge in [0, 0.05) is 29.7 Å². The van der Waals surface area contributed by atoms with Crippen molar-refractivity contribution in [2.24, 2.45) is 16.7 Å². The van der Waals surface area contributed by atoms with Crippen LogP contribution in [0, 0.1) is 16.7 Å². The molecular formula is C51H55NO13. The number of ketones is 1. The van der Waals surface area contributed by atoms with E-state index in [-0.39, 0.29) is 41.9 Å². The number of ether oxygens (including phenoxy) is 5. The van der Waals surface area contributed by atoms with Crippen molar-refractivity contribution in [1.29, 1.82) is 0 Å². The standard InChI is InChI=1S/C51H55NO13/c1-29-35(64-47(58)41(54)39(31-15-9-6-10-16-31)52-45(56)32-17-11-7-12-18-32)26-51(60)44(65-46(57)33-19-13-8-14-20-33)42-49(4,43(55)40(53)38(29)48(51,2)3)36(25-37-50(42,59)28-63-37)62-27-30-21-23-34(61-5)24-22-30/h6-24,35-37,39-42,44,53-54,59-60H,25-28H2,1-5H3,(H,52,56)/t35?,36?,37?,39?,40?,41?,42?,44?,49-,50?,51?/m1/s1. The molecule has 10 unspecified atom stereocenters. The van der Waals surface area contributed by atoms with E-state index < -0.39 is 101 Å². The van der Waals surface area contributed by atoms with Gasteiger partial charge < -0.3 is 49.4 Å². The number of aliphatic hydroxyl groups is 4.